The third-order valence-electron chi connectivity index (χ3n) is 3.72. The summed E-state index contributed by atoms with van der Waals surface area (Å²) in [6, 6.07) is 7.72. The van der Waals surface area contributed by atoms with Crippen molar-refractivity contribution in [3.8, 4) is 5.75 Å². The van der Waals surface area contributed by atoms with E-state index in [2.05, 4.69) is 26.1 Å². The van der Waals surface area contributed by atoms with Crippen molar-refractivity contribution >= 4 is 0 Å². The van der Waals surface area contributed by atoms with E-state index >= 15 is 0 Å². The Hall–Kier alpha value is -1.02. The molecule has 0 aliphatic carbocycles. The molecule has 2 N–H and O–H groups in total. The molecule has 1 aliphatic rings. The van der Waals surface area contributed by atoms with E-state index in [0.29, 0.717) is 11.2 Å². The molecular weight excluding hydrogens is 222 g/mol. The number of hydrogen-bond acceptors (Lipinski definition) is 2. The Morgan fingerprint density at radius 3 is 2.56 bits per heavy atom. The van der Waals surface area contributed by atoms with Crippen LogP contribution in [0.5, 0.6) is 5.75 Å². The molecule has 2 heteroatoms. The minimum atomic E-state index is 0.164. The summed E-state index contributed by atoms with van der Waals surface area (Å²) in [4.78, 5) is 0. The number of phenolic OH excluding ortho intramolecular Hbond substituents is 1. The monoisotopic (exact) mass is 247 g/mol. The number of nitrogens with one attached hydrogen (secondary N) is 1. The summed E-state index contributed by atoms with van der Waals surface area (Å²) in [5.41, 5.74) is 1.54. The summed E-state index contributed by atoms with van der Waals surface area (Å²) >= 11 is 0. The summed E-state index contributed by atoms with van der Waals surface area (Å²) in [5, 5.41) is 13.6. The van der Waals surface area contributed by atoms with Gasteiger partial charge in [-0.25, -0.2) is 0 Å². The van der Waals surface area contributed by atoms with Gasteiger partial charge in [-0.1, -0.05) is 39.0 Å². The first-order valence-corrected chi connectivity index (χ1v) is 6.92. The van der Waals surface area contributed by atoms with Crippen LogP contribution in [-0.2, 0) is 6.42 Å². The minimum Gasteiger partial charge on any atom is -0.508 e. The highest BCUT2D eigenvalue weighted by Crippen LogP contribution is 2.37. The number of phenols is 1. The second-order valence-electron chi connectivity index (χ2n) is 6.85. The zero-order valence-electron chi connectivity index (χ0n) is 11.8. The highest BCUT2D eigenvalue weighted by atomic mass is 16.3. The van der Waals surface area contributed by atoms with Gasteiger partial charge >= 0.3 is 0 Å². The van der Waals surface area contributed by atoms with Gasteiger partial charge in [0.1, 0.15) is 5.75 Å². The zero-order valence-corrected chi connectivity index (χ0v) is 11.8. The smallest absolute Gasteiger partial charge is 0.118 e. The Morgan fingerprint density at radius 2 is 2.00 bits per heavy atom. The van der Waals surface area contributed by atoms with E-state index in [-0.39, 0.29) is 5.54 Å². The van der Waals surface area contributed by atoms with Crippen LogP contribution >= 0.6 is 0 Å². The fourth-order valence-corrected chi connectivity index (χ4v) is 3.27. The van der Waals surface area contributed by atoms with Crippen LogP contribution in [0, 0.1) is 5.41 Å². The zero-order chi connectivity index (χ0) is 13.2. The van der Waals surface area contributed by atoms with Gasteiger partial charge < -0.3 is 10.4 Å². The molecule has 100 valence electrons. The Balaban J connectivity index is 2.19. The molecule has 1 aromatic rings. The van der Waals surface area contributed by atoms with E-state index in [1.54, 1.807) is 6.07 Å². The van der Waals surface area contributed by atoms with E-state index in [1.165, 1.54) is 12.8 Å². The molecule has 1 aliphatic heterocycles. The van der Waals surface area contributed by atoms with Gasteiger partial charge in [0.05, 0.1) is 0 Å². The van der Waals surface area contributed by atoms with Crippen molar-refractivity contribution in [1.82, 2.24) is 5.32 Å². The molecule has 1 fully saturated rings. The van der Waals surface area contributed by atoms with Crippen LogP contribution in [0.3, 0.4) is 0 Å². The number of benzene rings is 1. The summed E-state index contributed by atoms with van der Waals surface area (Å²) in [5.74, 6) is 0.430. The summed E-state index contributed by atoms with van der Waals surface area (Å²) in [6.45, 7) is 7.97. The predicted octanol–water partition coefficient (Wildman–Crippen LogP) is 3.49. The third kappa shape index (κ3) is 3.26. The number of para-hydroxylation sites is 1. The first-order chi connectivity index (χ1) is 8.40. The van der Waals surface area contributed by atoms with Crippen LogP contribution in [-0.4, -0.2) is 17.2 Å². The number of hydrogen-bond donors (Lipinski definition) is 2. The van der Waals surface area contributed by atoms with Crippen molar-refractivity contribution in [2.75, 3.05) is 6.54 Å². The van der Waals surface area contributed by atoms with Gasteiger partial charge in [0, 0.05) is 5.54 Å². The van der Waals surface area contributed by atoms with Gasteiger partial charge in [-0.05, 0) is 49.3 Å². The molecule has 0 saturated carbocycles. The lowest BCUT2D eigenvalue weighted by Gasteiger charge is -2.36. The molecule has 1 atom stereocenters. The molecular formula is C16H25NO. The SMILES string of the molecule is CC(C)(C)CC1(Cc2ccccc2O)CCCN1. The second kappa shape index (κ2) is 4.93. The Labute approximate surface area is 110 Å². The molecule has 0 bridgehead atoms. The molecule has 0 radical (unpaired) electrons. The van der Waals surface area contributed by atoms with E-state index in [4.69, 9.17) is 0 Å². The lowest BCUT2D eigenvalue weighted by molar-refractivity contribution is 0.227. The molecule has 0 spiro atoms. The molecule has 0 aromatic heterocycles. The largest absolute Gasteiger partial charge is 0.508 e. The maximum Gasteiger partial charge on any atom is 0.118 e. The van der Waals surface area contributed by atoms with Crippen LogP contribution in [0.2, 0.25) is 0 Å². The Bertz CT molecular complexity index is 400. The number of rotatable bonds is 3. The van der Waals surface area contributed by atoms with Crippen LogP contribution < -0.4 is 5.32 Å². The molecule has 1 unspecified atom stereocenters. The summed E-state index contributed by atoms with van der Waals surface area (Å²) in [6.07, 6.45) is 4.52. The first kappa shape index (κ1) is 13.4. The molecule has 0 amide bonds. The summed E-state index contributed by atoms with van der Waals surface area (Å²) in [7, 11) is 0. The highest BCUT2D eigenvalue weighted by Gasteiger charge is 2.37. The Morgan fingerprint density at radius 1 is 1.28 bits per heavy atom. The predicted molar refractivity (Wildman–Crippen MR) is 75.9 cm³/mol. The number of aromatic hydroxyl groups is 1. The van der Waals surface area contributed by atoms with E-state index in [0.717, 1.165) is 24.9 Å². The van der Waals surface area contributed by atoms with Crippen molar-refractivity contribution in [3.63, 3.8) is 0 Å². The molecule has 1 aromatic carbocycles. The van der Waals surface area contributed by atoms with Gasteiger partial charge in [-0.3, -0.25) is 0 Å². The molecule has 1 heterocycles. The van der Waals surface area contributed by atoms with Crippen molar-refractivity contribution in [1.29, 1.82) is 0 Å². The standard InChI is InChI=1S/C16H25NO/c1-15(2,3)12-16(9-6-10-17-16)11-13-7-4-5-8-14(13)18/h4-5,7-8,17-18H,6,9-12H2,1-3H3. The van der Waals surface area contributed by atoms with Gasteiger partial charge in [0.2, 0.25) is 0 Å². The molecule has 2 nitrogen and oxygen atoms in total. The third-order valence-corrected chi connectivity index (χ3v) is 3.72. The lowest BCUT2D eigenvalue weighted by Crippen LogP contribution is -2.44. The highest BCUT2D eigenvalue weighted by molar-refractivity contribution is 5.33. The topological polar surface area (TPSA) is 32.3 Å². The molecule has 2 rings (SSSR count). The summed E-state index contributed by atoms with van der Waals surface area (Å²) < 4.78 is 0. The maximum atomic E-state index is 9.96. The lowest BCUT2D eigenvalue weighted by atomic mass is 9.75. The minimum absolute atomic E-state index is 0.164. The van der Waals surface area contributed by atoms with Crippen molar-refractivity contribution in [2.24, 2.45) is 5.41 Å². The average molecular weight is 247 g/mol. The van der Waals surface area contributed by atoms with Gasteiger partial charge in [0.15, 0.2) is 0 Å². The molecule has 1 saturated heterocycles. The second-order valence-corrected chi connectivity index (χ2v) is 6.85. The van der Waals surface area contributed by atoms with Crippen LogP contribution in [0.25, 0.3) is 0 Å². The fourth-order valence-electron chi connectivity index (χ4n) is 3.27. The van der Waals surface area contributed by atoms with Crippen LogP contribution in [0.15, 0.2) is 24.3 Å². The van der Waals surface area contributed by atoms with Crippen molar-refractivity contribution in [2.45, 2.75) is 52.0 Å². The average Bonchev–Trinajstić information content (AvgIpc) is 2.67. The van der Waals surface area contributed by atoms with Crippen molar-refractivity contribution < 1.29 is 5.11 Å². The quantitative estimate of drug-likeness (QED) is 0.857. The van der Waals surface area contributed by atoms with Gasteiger partial charge in [-0.15, -0.1) is 0 Å². The van der Waals surface area contributed by atoms with E-state index in [9.17, 15) is 5.11 Å². The van der Waals surface area contributed by atoms with Crippen LogP contribution in [0.1, 0.15) is 45.6 Å². The van der Waals surface area contributed by atoms with E-state index in [1.807, 2.05) is 18.2 Å². The molecule has 18 heavy (non-hydrogen) atoms. The van der Waals surface area contributed by atoms with Crippen molar-refractivity contribution in [3.05, 3.63) is 29.8 Å². The van der Waals surface area contributed by atoms with E-state index < -0.39 is 0 Å². The van der Waals surface area contributed by atoms with Gasteiger partial charge in [-0.2, -0.15) is 0 Å². The van der Waals surface area contributed by atoms with Crippen LogP contribution in [0.4, 0.5) is 0 Å². The Kier molecular flexibility index (Phi) is 3.67. The van der Waals surface area contributed by atoms with Gasteiger partial charge in [0.25, 0.3) is 0 Å². The maximum absolute atomic E-state index is 9.96. The first-order valence-electron chi connectivity index (χ1n) is 6.92. The fraction of sp³-hybridized carbons (Fsp3) is 0.625. The normalized spacial score (nSPS) is 24.4.